The number of nitrogens with zero attached hydrogens (tertiary/aromatic N) is 3. The van der Waals surface area contributed by atoms with Crippen molar-refractivity contribution in [1.82, 2.24) is 14.7 Å². The number of nitrogens with one attached hydrogen (secondary N) is 1. The van der Waals surface area contributed by atoms with E-state index in [1.165, 1.54) is 60.9 Å². The van der Waals surface area contributed by atoms with Crippen molar-refractivity contribution in [3.63, 3.8) is 0 Å². The molecule has 2 aliphatic carbocycles. The van der Waals surface area contributed by atoms with Gasteiger partial charge in [0.2, 0.25) is 5.91 Å². The summed E-state index contributed by atoms with van der Waals surface area (Å²) >= 11 is 0. The van der Waals surface area contributed by atoms with Gasteiger partial charge in [-0.05, 0) is 67.7 Å². The summed E-state index contributed by atoms with van der Waals surface area (Å²) in [5.74, 6) is 1.87. The van der Waals surface area contributed by atoms with Gasteiger partial charge in [0.25, 0.3) is 0 Å². The van der Waals surface area contributed by atoms with Crippen molar-refractivity contribution in [1.29, 1.82) is 0 Å². The lowest BCUT2D eigenvalue weighted by molar-refractivity contribution is -0.129. The Morgan fingerprint density at radius 3 is 2.78 bits per heavy atom. The smallest absolute Gasteiger partial charge is 0.219 e. The molecule has 142 valence electrons. The van der Waals surface area contributed by atoms with Crippen LogP contribution in [0.25, 0.3) is 0 Å². The monoisotopic (exact) mass is 364 g/mol. The van der Waals surface area contributed by atoms with Gasteiger partial charge in [0.05, 0.1) is 6.54 Å². The minimum absolute atomic E-state index is 0.148. The lowest BCUT2D eigenvalue weighted by Gasteiger charge is -2.27. The third-order valence-electron chi connectivity index (χ3n) is 6.32. The number of aromatic nitrogens is 2. The molecule has 0 radical (unpaired) electrons. The van der Waals surface area contributed by atoms with Crippen LogP contribution in [0.3, 0.4) is 0 Å². The van der Waals surface area contributed by atoms with Crippen LogP contribution in [0.1, 0.15) is 55.0 Å². The quantitative estimate of drug-likeness (QED) is 0.897. The number of hydrogen-bond acceptors (Lipinski definition) is 3. The Bertz CT molecular complexity index is 881. The van der Waals surface area contributed by atoms with E-state index in [0.29, 0.717) is 6.54 Å². The molecule has 27 heavy (non-hydrogen) atoms. The number of amides is 1. The van der Waals surface area contributed by atoms with Crippen LogP contribution in [0.5, 0.6) is 0 Å². The van der Waals surface area contributed by atoms with E-state index in [-0.39, 0.29) is 5.91 Å². The number of fused-ring (bicyclic) bond motifs is 2. The second kappa shape index (κ2) is 6.70. The molecule has 2 heterocycles. The first-order valence-electron chi connectivity index (χ1n) is 10.4. The minimum Gasteiger partial charge on any atom is -0.338 e. The Morgan fingerprint density at radius 2 is 2.00 bits per heavy atom. The first-order valence-corrected chi connectivity index (χ1v) is 10.4. The van der Waals surface area contributed by atoms with Crippen molar-refractivity contribution in [2.75, 3.05) is 11.9 Å². The molecule has 5 heteroatoms. The maximum Gasteiger partial charge on any atom is 0.219 e. The van der Waals surface area contributed by atoms with E-state index < -0.39 is 0 Å². The number of carbonyl (C=O) groups excluding carboxylic acids is 1. The van der Waals surface area contributed by atoms with E-state index in [0.717, 1.165) is 36.9 Å². The Kier molecular flexibility index (Phi) is 4.18. The molecule has 0 unspecified atom stereocenters. The normalized spacial score (nSPS) is 18.8. The van der Waals surface area contributed by atoms with Crippen molar-refractivity contribution in [3.8, 4) is 0 Å². The lowest BCUT2D eigenvalue weighted by Crippen LogP contribution is -2.34. The van der Waals surface area contributed by atoms with Crippen LogP contribution in [0.4, 0.5) is 11.5 Å². The molecule has 1 saturated carbocycles. The maximum absolute atomic E-state index is 11.9. The molecule has 0 spiro atoms. The molecule has 3 aliphatic rings. The number of anilines is 2. The van der Waals surface area contributed by atoms with Crippen LogP contribution >= 0.6 is 0 Å². The topological polar surface area (TPSA) is 50.2 Å². The van der Waals surface area contributed by atoms with Crippen molar-refractivity contribution in [2.24, 2.45) is 5.92 Å². The Labute approximate surface area is 160 Å². The molecule has 1 N–H and O–H groups in total. The molecular formula is C22H28N4O. The summed E-state index contributed by atoms with van der Waals surface area (Å²) in [4.78, 5) is 13.8. The zero-order valence-corrected chi connectivity index (χ0v) is 16.1. The number of hydrogen-bond donors (Lipinski definition) is 1. The third-order valence-corrected chi connectivity index (χ3v) is 6.32. The Balaban J connectivity index is 1.46. The van der Waals surface area contributed by atoms with E-state index in [9.17, 15) is 4.79 Å². The summed E-state index contributed by atoms with van der Waals surface area (Å²) in [6, 6.07) is 6.75. The van der Waals surface area contributed by atoms with Gasteiger partial charge < -0.3 is 10.2 Å². The van der Waals surface area contributed by atoms with Crippen LogP contribution in [0.15, 0.2) is 18.2 Å². The van der Waals surface area contributed by atoms with E-state index in [4.69, 9.17) is 5.10 Å². The largest absolute Gasteiger partial charge is 0.338 e. The van der Waals surface area contributed by atoms with E-state index in [1.54, 1.807) is 6.92 Å². The zero-order valence-electron chi connectivity index (χ0n) is 16.1. The van der Waals surface area contributed by atoms with E-state index in [2.05, 4.69) is 28.2 Å². The van der Waals surface area contributed by atoms with Crippen molar-refractivity contribution in [2.45, 2.75) is 65.0 Å². The van der Waals surface area contributed by atoms with Gasteiger partial charge >= 0.3 is 0 Å². The summed E-state index contributed by atoms with van der Waals surface area (Å²) < 4.78 is 2.21. The highest BCUT2D eigenvalue weighted by atomic mass is 16.2. The van der Waals surface area contributed by atoms with Crippen molar-refractivity contribution < 1.29 is 4.79 Å². The van der Waals surface area contributed by atoms with Crippen LogP contribution in [-0.4, -0.2) is 27.1 Å². The molecule has 1 amide bonds. The molecule has 0 atom stereocenters. The predicted molar refractivity (Wildman–Crippen MR) is 106 cm³/mol. The summed E-state index contributed by atoms with van der Waals surface area (Å²) in [5.41, 5.74) is 6.61. The molecule has 1 aromatic heterocycles. The SMILES string of the molecule is CC(=O)N1CCc2c(c(Nc3ccc4c(c3)CCCC4)nn2CC2CC2)C1. The fourth-order valence-electron chi connectivity index (χ4n) is 4.50. The van der Waals surface area contributed by atoms with Gasteiger partial charge in [-0.3, -0.25) is 9.48 Å². The minimum atomic E-state index is 0.148. The third kappa shape index (κ3) is 3.35. The average Bonchev–Trinajstić information content (AvgIpc) is 3.44. The molecule has 0 saturated heterocycles. The Hall–Kier alpha value is -2.30. The van der Waals surface area contributed by atoms with Crippen LogP contribution in [-0.2, 0) is 37.1 Å². The van der Waals surface area contributed by atoms with E-state index >= 15 is 0 Å². The van der Waals surface area contributed by atoms with Gasteiger partial charge in [-0.15, -0.1) is 0 Å². The molecule has 1 aliphatic heterocycles. The van der Waals surface area contributed by atoms with Crippen LogP contribution in [0.2, 0.25) is 0 Å². The zero-order chi connectivity index (χ0) is 18.4. The molecule has 5 rings (SSSR count). The number of rotatable bonds is 4. The van der Waals surface area contributed by atoms with Gasteiger partial charge in [-0.1, -0.05) is 6.07 Å². The summed E-state index contributed by atoms with van der Waals surface area (Å²) in [6.07, 6.45) is 8.52. The molecule has 1 fully saturated rings. The predicted octanol–water partition coefficient (Wildman–Crippen LogP) is 3.82. The Morgan fingerprint density at radius 1 is 1.19 bits per heavy atom. The van der Waals surface area contributed by atoms with E-state index in [1.807, 2.05) is 4.90 Å². The highest BCUT2D eigenvalue weighted by molar-refractivity contribution is 5.74. The maximum atomic E-state index is 11.9. The average molecular weight is 364 g/mol. The van der Waals surface area contributed by atoms with Gasteiger partial charge in [-0.25, -0.2) is 0 Å². The fourth-order valence-corrected chi connectivity index (χ4v) is 4.50. The number of benzene rings is 1. The van der Waals surface area contributed by atoms with Gasteiger partial charge in [0, 0.05) is 43.4 Å². The summed E-state index contributed by atoms with van der Waals surface area (Å²) in [7, 11) is 0. The highest BCUT2D eigenvalue weighted by Gasteiger charge is 2.29. The standard InChI is InChI=1S/C22H28N4O/c1-15(27)25-11-10-21-20(14-25)22(24-26(21)13-16-6-7-16)23-19-9-8-17-4-2-3-5-18(17)12-19/h8-9,12,16H,2-7,10-11,13-14H2,1H3,(H,23,24). The fraction of sp³-hybridized carbons (Fsp3) is 0.545. The van der Waals surface area contributed by atoms with Gasteiger partial charge in [-0.2, -0.15) is 5.10 Å². The molecular weight excluding hydrogens is 336 g/mol. The molecule has 2 aromatic rings. The number of carbonyl (C=O) groups is 1. The highest BCUT2D eigenvalue weighted by Crippen LogP contribution is 2.35. The second-order valence-electron chi connectivity index (χ2n) is 8.41. The second-order valence-corrected chi connectivity index (χ2v) is 8.41. The molecule has 0 bridgehead atoms. The molecule has 1 aromatic carbocycles. The summed E-state index contributed by atoms with van der Waals surface area (Å²) in [6.45, 7) is 4.16. The number of aryl methyl sites for hydroxylation is 2. The lowest BCUT2D eigenvalue weighted by atomic mass is 9.91. The molecule has 5 nitrogen and oxygen atoms in total. The van der Waals surface area contributed by atoms with Crippen LogP contribution in [0, 0.1) is 5.92 Å². The van der Waals surface area contributed by atoms with Crippen molar-refractivity contribution in [3.05, 3.63) is 40.6 Å². The van der Waals surface area contributed by atoms with Crippen LogP contribution < -0.4 is 5.32 Å². The van der Waals surface area contributed by atoms with Crippen molar-refractivity contribution >= 4 is 17.4 Å². The summed E-state index contributed by atoms with van der Waals surface area (Å²) in [5, 5.41) is 8.53. The van der Waals surface area contributed by atoms with Gasteiger partial charge in [0.1, 0.15) is 0 Å². The first-order chi connectivity index (χ1) is 13.2. The first kappa shape index (κ1) is 16.8. The van der Waals surface area contributed by atoms with Gasteiger partial charge in [0.15, 0.2) is 5.82 Å².